The van der Waals surface area contributed by atoms with Gasteiger partial charge < -0.3 is 4.74 Å². The lowest BCUT2D eigenvalue weighted by molar-refractivity contribution is -0.111. The fraction of sp³-hybridized carbons (Fsp3) is 0.316. The molecule has 22 heavy (non-hydrogen) atoms. The lowest BCUT2D eigenvalue weighted by atomic mass is 9.85. The molecule has 0 aromatic heterocycles. The van der Waals surface area contributed by atoms with E-state index >= 15 is 0 Å². The van der Waals surface area contributed by atoms with E-state index in [2.05, 4.69) is 19.9 Å². The molecule has 0 bridgehead atoms. The maximum Gasteiger partial charge on any atom is 0.261 e. The maximum absolute atomic E-state index is 12.8. The van der Waals surface area contributed by atoms with Gasteiger partial charge in [0.05, 0.1) is 11.3 Å². The van der Waals surface area contributed by atoms with Crippen molar-refractivity contribution in [3.05, 3.63) is 65.2 Å². The first kappa shape index (κ1) is 13.5. The number of fused-ring (bicyclic) bond motifs is 5. The molecule has 0 unspecified atom stereocenters. The SMILES string of the molecule is CCC1(CC)O[C@@H]2c3ccccc3C(=O)N2c2ccccc21. The summed E-state index contributed by atoms with van der Waals surface area (Å²) in [6.45, 7) is 4.30. The topological polar surface area (TPSA) is 29.5 Å². The van der Waals surface area contributed by atoms with Crippen LogP contribution in [0.4, 0.5) is 5.69 Å². The average Bonchev–Trinajstić information content (AvgIpc) is 2.87. The summed E-state index contributed by atoms with van der Waals surface area (Å²) in [5, 5.41) is 0. The summed E-state index contributed by atoms with van der Waals surface area (Å²) in [7, 11) is 0. The second-order valence-corrected chi connectivity index (χ2v) is 5.95. The van der Waals surface area contributed by atoms with E-state index in [1.807, 2.05) is 47.4 Å². The maximum atomic E-state index is 12.8. The molecule has 2 aliphatic heterocycles. The van der Waals surface area contributed by atoms with Crippen LogP contribution < -0.4 is 4.90 Å². The summed E-state index contributed by atoms with van der Waals surface area (Å²) in [4.78, 5) is 14.6. The predicted octanol–water partition coefficient (Wildman–Crippen LogP) is 4.39. The second-order valence-electron chi connectivity index (χ2n) is 5.95. The van der Waals surface area contributed by atoms with Crippen LogP contribution in [0.3, 0.4) is 0 Å². The third kappa shape index (κ3) is 1.57. The number of amides is 1. The van der Waals surface area contributed by atoms with E-state index < -0.39 is 0 Å². The first-order valence-corrected chi connectivity index (χ1v) is 7.91. The van der Waals surface area contributed by atoms with E-state index in [0.717, 1.165) is 35.2 Å². The molecule has 3 nitrogen and oxygen atoms in total. The van der Waals surface area contributed by atoms with E-state index in [-0.39, 0.29) is 17.7 Å². The van der Waals surface area contributed by atoms with Crippen LogP contribution in [0.15, 0.2) is 48.5 Å². The predicted molar refractivity (Wildman–Crippen MR) is 85.8 cm³/mol. The molecule has 0 saturated carbocycles. The smallest absolute Gasteiger partial charge is 0.261 e. The molecular weight excluding hydrogens is 274 g/mol. The lowest BCUT2D eigenvalue weighted by Crippen LogP contribution is -2.43. The van der Waals surface area contributed by atoms with Crippen molar-refractivity contribution in [2.75, 3.05) is 4.90 Å². The largest absolute Gasteiger partial charge is 0.342 e. The Kier molecular flexibility index (Phi) is 2.88. The molecule has 112 valence electrons. The molecule has 2 aliphatic rings. The van der Waals surface area contributed by atoms with Crippen molar-refractivity contribution in [1.29, 1.82) is 0 Å². The van der Waals surface area contributed by atoms with Gasteiger partial charge in [0, 0.05) is 16.7 Å². The van der Waals surface area contributed by atoms with Gasteiger partial charge in [0.1, 0.15) is 0 Å². The van der Waals surface area contributed by atoms with Gasteiger partial charge in [-0.05, 0) is 25.0 Å². The summed E-state index contributed by atoms with van der Waals surface area (Å²) in [5.41, 5.74) is 3.52. The van der Waals surface area contributed by atoms with Crippen molar-refractivity contribution in [2.24, 2.45) is 0 Å². The molecule has 2 aromatic rings. The van der Waals surface area contributed by atoms with Crippen LogP contribution in [0.25, 0.3) is 0 Å². The van der Waals surface area contributed by atoms with Gasteiger partial charge >= 0.3 is 0 Å². The van der Waals surface area contributed by atoms with E-state index in [0.29, 0.717) is 0 Å². The standard InChI is InChI=1S/C19H19NO2/c1-3-19(4-2)15-11-7-8-12-16(15)20-17(21)13-9-5-6-10-14(13)18(20)22-19/h5-12,18H,3-4H2,1-2H3/t18-/m1/s1. The molecule has 0 aliphatic carbocycles. The molecule has 0 spiro atoms. The fourth-order valence-corrected chi connectivity index (χ4v) is 3.78. The Labute approximate surface area is 130 Å². The highest BCUT2D eigenvalue weighted by Gasteiger charge is 2.49. The van der Waals surface area contributed by atoms with E-state index in [1.165, 1.54) is 0 Å². The average molecular weight is 293 g/mol. The molecular formula is C19H19NO2. The highest BCUT2D eigenvalue weighted by molar-refractivity contribution is 6.11. The zero-order chi connectivity index (χ0) is 15.3. The summed E-state index contributed by atoms with van der Waals surface area (Å²) in [5.74, 6) is 0.0360. The number of benzene rings is 2. The molecule has 2 aromatic carbocycles. The number of rotatable bonds is 2. The molecule has 4 rings (SSSR count). The number of anilines is 1. The fourth-order valence-electron chi connectivity index (χ4n) is 3.78. The first-order chi connectivity index (χ1) is 10.7. The van der Waals surface area contributed by atoms with Gasteiger partial charge in [-0.1, -0.05) is 50.2 Å². The van der Waals surface area contributed by atoms with Crippen molar-refractivity contribution in [2.45, 2.75) is 38.5 Å². The highest BCUT2D eigenvalue weighted by Crippen LogP contribution is 2.52. The van der Waals surface area contributed by atoms with E-state index in [1.54, 1.807) is 0 Å². The second kappa shape index (κ2) is 4.68. The Morgan fingerprint density at radius 1 is 1.05 bits per heavy atom. The number of para-hydroxylation sites is 1. The van der Waals surface area contributed by atoms with Gasteiger partial charge in [0.15, 0.2) is 6.23 Å². The Hall–Kier alpha value is -2.13. The van der Waals surface area contributed by atoms with Crippen LogP contribution in [0.5, 0.6) is 0 Å². The molecule has 0 saturated heterocycles. The zero-order valence-electron chi connectivity index (χ0n) is 12.9. The first-order valence-electron chi connectivity index (χ1n) is 7.91. The molecule has 0 radical (unpaired) electrons. The zero-order valence-corrected chi connectivity index (χ0v) is 12.9. The van der Waals surface area contributed by atoms with Crippen LogP contribution in [-0.2, 0) is 10.3 Å². The Bertz CT molecular complexity index is 749. The number of ether oxygens (including phenoxy) is 1. The molecule has 0 N–H and O–H groups in total. The minimum atomic E-state index is -0.324. The number of carbonyl (C=O) groups excluding carboxylic acids is 1. The minimum absolute atomic E-state index is 0.0360. The summed E-state index contributed by atoms with van der Waals surface area (Å²) < 4.78 is 6.52. The van der Waals surface area contributed by atoms with Crippen LogP contribution in [0.1, 0.15) is 54.4 Å². The molecule has 0 fully saturated rings. The third-order valence-corrected chi connectivity index (χ3v) is 5.04. The van der Waals surface area contributed by atoms with Crippen molar-refractivity contribution in [3.8, 4) is 0 Å². The van der Waals surface area contributed by atoms with Gasteiger partial charge in [0.25, 0.3) is 5.91 Å². The van der Waals surface area contributed by atoms with Crippen LogP contribution in [0, 0.1) is 0 Å². The monoisotopic (exact) mass is 293 g/mol. The molecule has 1 amide bonds. The number of nitrogens with zero attached hydrogens (tertiary/aromatic N) is 1. The van der Waals surface area contributed by atoms with Crippen molar-refractivity contribution < 1.29 is 9.53 Å². The van der Waals surface area contributed by atoms with Gasteiger partial charge in [0.2, 0.25) is 0 Å². The Balaban J connectivity index is 1.97. The van der Waals surface area contributed by atoms with Gasteiger partial charge in [-0.3, -0.25) is 9.69 Å². The van der Waals surface area contributed by atoms with Gasteiger partial charge in [-0.2, -0.15) is 0 Å². The van der Waals surface area contributed by atoms with Crippen LogP contribution >= 0.6 is 0 Å². The highest BCUT2D eigenvalue weighted by atomic mass is 16.5. The molecule has 3 heteroatoms. The summed E-state index contributed by atoms with van der Waals surface area (Å²) in [6, 6.07) is 15.9. The van der Waals surface area contributed by atoms with Crippen LogP contribution in [0.2, 0.25) is 0 Å². The number of carbonyl (C=O) groups is 1. The summed E-state index contributed by atoms with van der Waals surface area (Å²) >= 11 is 0. The lowest BCUT2D eigenvalue weighted by Gasteiger charge is -2.45. The third-order valence-electron chi connectivity index (χ3n) is 5.04. The van der Waals surface area contributed by atoms with Crippen molar-refractivity contribution >= 4 is 11.6 Å². The normalized spacial score (nSPS) is 21.3. The van der Waals surface area contributed by atoms with Gasteiger partial charge in [-0.15, -0.1) is 0 Å². The van der Waals surface area contributed by atoms with Crippen molar-refractivity contribution in [3.63, 3.8) is 0 Å². The van der Waals surface area contributed by atoms with Crippen molar-refractivity contribution in [1.82, 2.24) is 0 Å². The summed E-state index contributed by atoms with van der Waals surface area (Å²) in [6.07, 6.45) is 1.47. The quantitative estimate of drug-likeness (QED) is 0.821. The van der Waals surface area contributed by atoms with E-state index in [9.17, 15) is 4.79 Å². The number of hydrogen-bond donors (Lipinski definition) is 0. The Morgan fingerprint density at radius 2 is 1.73 bits per heavy atom. The van der Waals surface area contributed by atoms with Crippen LogP contribution in [-0.4, -0.2) is 5.91 Å². The van der Waals surface area contributed by atoms with E-state index in [4.69, 9.17) is 4.74 Å². The number of hydrogen-bond acceptors (Lipinski definition) is 2. The molecule has 1 atom stereocenters. The van der Waals surface area contributed by atoms with Gasteiger partial charge in [-0.25, -0.2) is 0 Å². The minimum Gasteiger partial charge on any atom is -0.342 e. The molecule has 2 heterocycles. The Morgan fingerprint density at radius 3 is 2.50 bits per heavy atom.